The van der Waals surface area contributed by atoms with E-state index in [2.05, 4.69) is 312 Å². The molecule has 2 nitrogen and oxygen atoms in total. The van der Waals surface area contributed by atoms with Crippen molar-refractivity contribution >= 4 is 72.4 Å². The highest BCUT2D eigenvalue weighted by Crippen LogP contribution is 2.59. The molecular formula is C73H50N2Si. The molecule has 0 spiro atoms. The predicted octanol–water partition coefficient (Wildman–Crippen LogP) is 15.3. The van der Waals surface area contributed by atoms with Gasteiger partial charge in [-0.1, -0.05) is 255 Å². The van der Waals surface area contributed by atoms with Crippen molar-refractivity contribution in [2.45, 2.75) is 5.41 Å². The van der Waals surface area contributed by atoms with Gasteiger partial charge in [0.25, 0.3) is 0 Å². The van der Waals surface area contributed by atoms with Gasteiger partial charge in [0, 0.05) is 27.2 Å². The molecule has 14 aromatic rings. The second-order valence-corrected chi connectivity index (χ2v) is 24.1. The lowest BCUT2D eigenvalue weighted by atomic mass is 9.66. The molecule has 0 aliphatic heterocycles. The summed E-state index contributed by atoms with van der Waals surface area (Å²) in [7, 11) is -2.71. The normalized spacial score (nSPS) is 12.8. The molecule has 0 atom stereocenters. The first kappa shape index (κ1) is 44.0. The van der Waals surface area contributed by atoms with E-state index in [4.69, 9.17) is 0 Å². The van der Waals surface area contributed by atoms with Crippen molar-refractivity contribution < 1.29 is 0 Å². The van der Waals surface area contributed by atoms with Crippen LogP contribution in [-0.4, -0.2) is 17.2 Å². The van der Waals surface area contributed by atoms with E-state index in [9.17, 15) is 0 Å². The van der Waals surface area contributed by atoms with Crippen molar-refractivity contribution in [3.63, 3.8) is 0 Å². The van der Waals surface area contributed by atoms with E-state index < -0.39 is 13.5 Å². The third-order valence-corrected chi connectivity index (χ3v) is 21.4. The maximum atomic E-state index is 2.51. The van der Waals surface area contributed by atoms with Gasteiger partial charge in [0.15, 0.2) is 8.07 Å². The Morgan fingerprint density at radius 2 is 0.750 bits per heavy atom. The van der Waals surface area contributed by atoms with Gasteiger partial charge in [0.2, 0.25) is 0 Å². The third kappa shape index (κ3) is 6.33. The second-order valence-electron chi connectivity index (χ2n) is 20.3. The Bertz CT molecular complexity index is 4350. The van der Waals surface area contributed by atoms with Gasteiger partial charge in [0.05, 0.1) is 33.2 Å². The van der Waals surface area contributed by atoms with Crippen LogP contribution < -0.4 is 20.7 Å². The van der Waals surface area contributed by atoms with Gasteiger partial charge < -0.3 is 9.13 Å². The summed E-state index contributed by atoms with van der Waals surface area (Å²) >= 11 is 0. The molecule has 0 saturated carbocycles. The monoisotopic (exact) mass is 982 g/mol. The van der Waals surface area contributed by atoms with E-state index in [1.165, 1.54) is 109 Å². The third-order valence-electron chi connectivity index (χ3n) is 16.6. The summed E-state index contributed by atoms with van der Waals surface area (Å²) in [5.41, 5.74) is 16.7. The topological polar surface area (TPSA) is 9.86 Å². The molecule has 1 aliphatic rings. The fourth-order valence-electron chi connectivity index (χ4n) is 13.5. The molecule has 15 rings (SSSR count). The highest BCUT2D eigenvalue weighted by atomic mass is 28.3. The molecule has 0 radical (unpaired) electrons. The molecule has 3 heteroatoms. The minimum Gasteiger partial charge on any atom is -0.309 e. The number of para-hydroxylation sites is 2. The Labute approximate surface area is 443 Å². The van der Waals surface area contributed by atoms with Gasteiger partial charge in [-0.15, -0.1) is 0 Å². The van der Waals surface area contributed by atoms with Crippen LogP contribution in [0.5, 0.6) is 0 Å². The van der Waals surface area contributed by atoms with Crippen LogP contribution in [0.2, 0.25) is 0 Å². The van der Waals surface area contributed by atoms with Crippen LogP contribution in [0.4, 0.5) is 0 Å². The molecule has 12 aromatic carbocycles. The van der Waals surface area contributed by atoms with Gasteiger partial charge in [-0.05, 0) is 114 Å². The summed E-state index contributed by atoms with van der Waals surface area (Å²) in [4.78, 5) is 0. The van der Waals surface area contributed by atoms with Crippen molar-refractivity contribution in [3.8, 4) is 33.6 Å². The van der Waals surface area contributed by atoms with Gasteiger partial charge in [-0.3, -0.25) is 0 Å². The Kier molecular flexibility index (Phi) is 10.2. The van der Waals surface area contributed by atoms with Crippen LogP contribution in [0.3, 0.4) is 0 Å². The smallest absolute Gasteiger partial charge is 0.179 e. The summed E-state index contributed by atoms with van der Waals surface area (Å²) in [6.45, 7) is 0. The number of nitrogens with zero attached hydrogens (tertiary/aromatic N) is 2. The maximum Gasteiger partial charge on any atom is 0.179 e. The van der Waals surface area contributed by atoms with E-state index in [1.807, 2.05) is 0 Å². The zero-order valence-corrected chi connectivity index (χ0v) is 42.8. The van der Waals surface area contributed by atoms with Crippen molar-refractivity contribution in [1.82, 2.24) is 9.13 Å². The van der Waals surface area contributed by atoms with Crippen LogP contribution in [0.15, 0.2) is 303 Å². The van der Waals surface area contributed by atoms with Gasteiger partial charge >= 0.3 is 0 Å². The molecule has 0 unspecified atom stereocenters. The lowest BCUT2D eigenvalue weighted by molar-refractivity contribution is 0.770. The number of benzene rings is 12. The largest absolute Gasteiger partial charge is 0.309 e. The quantitative estimate of drug-likeness (QED) is 0.101. The van der Waals surface area contributed by atoms with Crippen molar-refractivity contribution in [3.05, 3.63) is 326 Å². The van der Waals surface area contributed by atoms with Crippen molar-refractivity contribution in [2.75, 3.05) is 0 Å². The maximum absolute atomic E-state index is 2.71. The zero-order valence-electron chi connectivity index (χ0n) is 41.8. The Hall–Kier alpha value is -9.54. The summed E-state index contributed by atoms with van der Waals surface area (Å²) < 4.78 is 4.99. The minimum absolute atomic E-state index is 0.519. The predicted molar refractivity (Wildman–Crippen MR) is 321 cm³/mol. The Morgan fingerprint density at radius 3 is 1.38 bits per heavy atom. The van der Waals surface area contributed by atoms with Crippen molar-refractivity contribution in [2.24, 2.45) is 0 Å². The van der Waals surface area contributed by atoms with Crippen LogP contribution in [-0.2, 0) is 5.41 Å². The highest BCUT2D eigenvalue weighted by Gasteiger charge is 2.47. The summed E-state index contributed by atoms with van der Waals surface area (Å²) in [5, 5.41) is 10.4. The number of fused-ring (bicyclic) bond motifs is 9. The zero-order chi connectivity index (χ0) is 50.2. The lowest BCUT2D eigenvalue weighted by Gasteiger charge is -2.35. The summed E-state index contributed by atoms with van der Waals surface area (Å²) in [6.07, 6.45) is 0. The molecule has 0 saturated heterocycles. The summed E-state index contributed by atoms with van der Waals surface area (Å²) in [5.74, 6) is 0. The van der Waals surface area contributed by atoms with Crippen LogP contribution in [0.25, 0.3) is 77.2 Å². The van der Waals surface area contributed by atoms with Crippen LogP contribution >= 0.6 is 0 Å². The fraction of sp³-hybridized carbons (Fsp3) is 0.0137. The standard InChI is InChI=1S/C73H50N2Si/c1-6-24-52(25-7-1)73(53-26-8-2-9-27-53)65-39-19-16-34-60(65)62-38-22-37-59(72(62)73)51-44-49-68-64(50-51)61-35-17-20-40-66(61)75(68)70-43-23-42-69-71(70)63-36-18-21-41-67(63)74(69)54-45-47-58(48-46-54)76(55-28-10-3-11-29-55,56-30-12-4-13-31-56)57-32-14-5-15-33-57/h1-50H. The van der Waals surface area contributed by atoms with E-state index in [1.54, 1.807) is 0 Å². The number of rotatable bonds is 9. The summed E-state index contributed by atoms with van der Waals surface area (Å²) in [6, 6.07) is 113. The lowest BCUT2D eigenvalue weighted by Crippen LogP contribution is -2.74. The second kappa shape index (κ2) is 17.6. The first-order chi connectivity index (χ1) is 37.7. The molecule has 0 N–H and O–H groups in total. The molecule has 2 heterocycles. The molecule has 356 valence electrons. The van der Waals surface area contributed by atoms with Crippen LogP contribution in [0, 0.1) is 0 Å². The fourth-order valence-corrected chi connectivity index (χ4v) is 18.3. The molecule has 0 fully saturated rings. The molecular weight excluding hydrogens is 933 g/mol. The number of hydrogen-bond donors (Lipinski definition) is 0. The number of hydrogen-bond acceptors (Lipinski definition) is 0. The average molecular weight is 983 g/mol. The average Bonchev–Trinajstić information content (AvgIpc) is 4.19. The minimum atomic E-state index is -2.71. The van der Waals surface area contributed by atoms with E-state index >= 15 is 0 Å². The SMILES string of the molecule is c1ccc(C2(c3ccccc3)c3ccccc3-c3cccc(-c4ccc5c(c4)c4ccccc4n5-c4cccc5c4c4ccccc4n5-c4ccc([Si](c5ccccc5)(c5ccccc5)c5ccccc5)cc4)c32)cc1. The highest BCUT2D eigenvalue weighted by molar-refractivity contribution is 7.19. The van der Waals surface area contributed by atoms with E-state index in [-0.39, 0.29) is 0 Å². The van der Waals surface area contributed by atoms with Gasteiger partial charge in [0.1, 0.15) is 0 Å². The molecule has 0 bridgehead atoms. The Morgan fingerprint density at radius 1 is 0.289 bits per heavy atom. The van der Waals surface area contributed by atoms with Crippen LogP contribution in [0.1, 0.15) is 22.3 Å². The molecule has 1 aliphatic carbocycles. The Balaban J connectivity index is 0.921. The van der Waals surface area contributed by atoms with Gasteiger partial charge in [-0.25, -0.2) is 0 Å². The van der Waals surface area contributed by atoms with E-state index in [0.29, 0.717) is 0 Å². The van der Waals surface area contributed by atoms with Crippen molar-refractivity contribution in [1.29, 1.82) is 0 Å². The molecule has 0 amide bonds. The first-order valence-corrected chi connectivity index (χ1v) is 28.4. The van der Waals surface area contributed by atoms with E-state index in [0.717, 1.165) is 11.4 Å². The molecule has 2 aromatic heterocycles. The molecule has 76 heavy (non-hydrogen) atoms. The number of aromatic nitrogens is 2. The van der Waals surface area contributed by atoms with Gasteiger partial charge in [-0.2, -0.15) is 0 Å². The first-order valence-electron chi connectivity index (χ1n) is 26.4.